The third-order valence-electron chi connectivity index (χ3n) is 5.29. The Morgan fingerprint density at radius 1 is 0.917 bits per heavy atom. The molecule has 0 bridgehead atoms. The van der Waals surface area contributed by atoms with E-state index in [1.54, 1.807) is 42.5 Å². The molecule has 2 N–H and O–H groups in total. The van der Waals surface area contributed by atoms with Gasteiger partial charge < -0.3 is 9.73 Å². The Balaban J connectivity index is 1.62. The van der Waals surface area contributed by atoms with Crippen LogP contribution in [0.4, 0.5) is 5.69 Å². The number of carbonyl (C=O) groups is 2. The Kier molecular flexibility index (Phi) is 7.89. The molecule has 4 rings (SSSR count). The number of furan rings is 1. The number of benzene rings is 2. The van der Waals surface area contributed by atoms with E-state index >= 15 is 0 Å². The molecule has 0 spiro atoms. The van der Waals surface area contributed by atoms with Gasteiger partial charge in [-0.15, -0.1) is 0 Å². The first kappa shape index (κ1) is 24.8. The Morgan fingerprint density at radius 3 is 2.28 bits per heavy atom. The van der Waals surface area contributed by atoms with Gasteiger partial charge in [-0.2, -0.15) is 0 Å². The van der Waals surface area contributed by atoms with Crippen LogP contribution in [-0.4, -0.2) is 31.8 Å². The molecule has 0 aliphatic heterocycles. The molecule has 2 amide bonds. The monoisotopic (exact) mass is 504 g/mol. The van der Waals surface area contributed by atoms with E-state index in [1.807, 2.05) is 30.3 Å². The maximum atomic E-state index is 13.5. The Labute approximate surface area is 208 Å². The Morgan fingerprint density at radius 2 is 1.64 bits per heavy atom. The molecule has 2 aromatic heterocycles. The largest absolute Gasteiger partial charge is 0.467 e. The van der Waals surface area contributed by atoms with E-state index in [0.717, 1.165) is 5.56 Å². The normalized spacial score (nSPS) is 12.0. The van der Waals surface area contributed by atoms with Gasteiger partial charge in [0.15, 0.2) is 6.04 Å². The van der Waals surface area contributed by atoms with Crippen molar-refractivity contribution in [2.75, 3.05) is 11.4 Å². The minimum atomic E-state index is -3.95. The van der Waals surface area contributed by atoms with E-state index in [1.165, 1.54) is 35.7 Å². The first-order chi connectivity index (χ1) is 17.5. The van der Waals surface area contributed by atoms with Gasteiger partial charge in [0.1, 0.15) is 5.76 Å². The highest BCUT2D eigenvalue weighted by Gasteiger charge is 2.35. The zero-order valence-corrected chi connectivity index (χ0v) is 20.0. The van der Waals surface area contributed by atoms with Gasteiger partial charge in [0.2, 0.25) is 15.9 Å². The average Bonchev–Trinajstić information content (AvgIpc) is 3.45. The van der Waals surface area contributed by atoms with Gasteiger partial charge in [0, 0.05) is 12.7 Å². The first-order valence-corrected chi connectivity index (χ1v) is 12.6. The van der Waals surface area contributed by atoms with Crippen LogP contribution in [0.5, 0.6) is 0 Å². The van der Waals surface area contributed by atoms with Crippen LogP contribution < -0.4 is 14.9 Å². The fourth-order valence-electron chi connectivity index (χ4n) is 3.56. The van der Waals surface area contributed by atoms with Gasteiger partial charge >= 0.3 is 0 Å². The molecule has 2 aromatic carbocycles. The van der Waals surface area contributed by atoms with Crippen LogP contribution in [-0.2, 0) is 26.2 Å². The maximum absolute atomic E-state index is 13.5. The van der Waals surface area contributed by atoms with Crippen LogP contribution in [0.2, 0.25) is 0 Å². The molecule has 184 valence electrons. The van der Waals surface area contributed by atoms with E-state index in [4.69, 9.17) is 4.42 Å². The number of anilines is 1. The Bertz CT molecular complexity index is 1380. The lowest BCUT2D eigenvalue weighted by atomic mass is 10.1. The second-order valence-electron chi connectivity index (χ2n) is 7.73. The second-order valence-corrected chi connectivity index (χ2v) is 9.50. The van der Waals surface area contributed by atoms with Crippen molar-refractivity contribution in [2.45, 2.75) is 17.5 Å². The summed E-state index contributed by atoms with van der Waals surface area (Å²) in [6.07, 6.45) is 4.35. The number of sulfonamides is 1. The molecule has 0 aliphatic rings. The molecule has 2 heterocycles. The Hall–Kier alpha value is -4.28. The smallest absolute Gasteiger partial charge is 0.251 e. The summed E-state index contributed by atoms with van der Waals surface area (Å²) in [5.74, 6) is -0.959. The summed E-state index contributed by atoms with van der Waals surface area (Å²) in [5.41, 5.74) is 1.18. The summed E-state index contributed by atoms with van der Waals surface area (Å²) in [6, 6.07) is 22.2. The van der Waals surface area contributed by atoms with Crippen molar-refractivity contribution in [3.63, 3.8) is 0 Å². The van der Waals surface area contributed by atoms with Crippen LogP contribution in [0.25, 0.3) is 0 Å². The molecular weight excluding hydrogens is 480 g/mol. The number of pyridine rings is 1. The number of hydrogen-bond donors (Lipinski definition) is 2. The number of rotatable bonds is 10. The summed E-state index contributed by atoms with van der Waals surface area (Å²) in [4.78, 5) is 32.2. The molecule has 1 atom stereocenters. The molecule has 0 radical (unpaired) electrons. The average molecular weight is 505 g/mol. The summed E-state index contributed by atoms with van der Waals surface area (Å²) < 4.78 is 33.2. The van der Waals surface area contributed by atoms with Crippen LogP contribution in [0.3, 0.4) is 0 Å². The minimum Gasteiger partial charge on any atom is -0.467 e. The molecule has 0 fully saturated rings. The summed E-state index contributed by atoms with van der Waals surface area (Å²) >= 11 is 0. The highest BCUT2D eigenvalue weighted by Crippen LogP contribution is 2.28. The van der Waals surface area contributed by atoms with Crippen molar-refractivity contribution in [1.29, 1.82) is 0 Å². The third kappa shape index (κ3) is 6.04. The molecule has 0 unspecified atom stereocenters. The summed E-state index contributed by atoms with van der Waals surface area (Å²) in [7, 11) is -3.95. The SMILES string of the molecule is O=C(NCc1ccccc1)[C@H](c1ccco1)N(C(=O)CNS(=O)(=O)c1ccccc1)c1cccnc1. The van der Waals surface area contributed by atoms with Crippen LogP contribution in [0, 0.1) is 0 Å². The summed E-state index contributed by atoms with van der Waals surface area (Å²) in [5, 5.41) is 2.84. The van der Waals surface area contributed by atoms with Gasteiger partial charge in [0.25, 0.3) is 5.91 Å². The van der Waals surface area contributed by atoms with Crippen LogP contribution >= 0.6 is 0 Å². The second kappa shape index (κ2) is 11.4. The van der Waals surface area contributed by atoms with E-state index in [0.29, 0.717) is 5.69 Å². The van der Waals surface area contributed by atoms with Gasteiger partial charge in [-0.1, -0.05) is 48.5 Å². The molecule has 4 aromatic rings. The lowest BCUT2D eigenvalue weighted by Gasteiger charge is -2.29. The number of carbonyl (C=O) groups excluding carboxylic acids is 2. The topological polar surface area (TPSA) is 122 Å². The number of hydrogen-bond acceptors (Lipinski definition) is 6. The quantitative estimate of drug-likeness (QED) is 0.342. The highest BCUT2D eigenvalue weighted by atomic mass is 32.2. The molecule has 9 nitrogen and oxygen atoms in total. The van der Waals surface area contributed by atoms with Gasteiger partial charge in [-0.25, -0.2) is 13.1 Å². The number of nitrogens with one attached hydrogen (secondary N) is 2. The van der Waals surface area contributed by atoms with Crippen molar-refractivity contribution >= 4 is 27.5 Å². The van der Waals surface area contributed by atoms with Crippen molar-refractivity contribution in [3.05, 3.63) is 115 Å². The van der Waals surface area contributed by atoms with E-state index in [-0.39, 0.29) is 17.2 Å². The van der Waals surface area contributed by atoms with E-state index in [2.05, 4.69) is 15.0 Å². The summed E-state index contributed by atoms with van der Waals surface area (Å²) in [6.45, 7) is -0.359. The van der Waals surface area contributed by atoms with Gasteiger partial charge in [-0.05, 0) is 42.0 Å². The standard InChI is InChI=1S/C26H24N4O5S/c31-24(19-29-36(33,34)22-12-5-2-6-13-22)30(21-11-7-15-27-18-21)25(23-14-8-16-35-23)26(32)28-17-20-9-3-1-4-10-20/h1-16,18,25,29H,17,19H2,(H,28,32)/t25-/m0/s1. The third-order valence-corrected chi connectivity index (χ3v) is 6.71. The maximum Gasteiger partial charge on any atom is 0.251 e. The number of nitrogens with zero attached hydrogens (tertiary/aromatic N) is 2. The molecular formula is C26H24N4O5S. The van der Waals surface area contributed by atoms with Crippen LogP contribution in [0.15, 0.2) is 113 Å². The van der Waals surface area contributed by atoms with Crippen molar-refractivity contribution in [1.82, 2.24) is 15.0 Å². The zero-order valence-electron chi connectivity index (χ0n) is 19.2. The molecule has 36 heavy (non-hydrogen) atoms. The lowest BCUT2D eigenvalue weighted by Crippen LogP contribution is -2.47. The van der Waals surface area contributed by atoms with Crippen molar-refractivity contribution < 1.29 is 22.4 Å². The van der Waals surface area contributed by atoms with Crippen LogP contribution in [0.1, 0.15) is 17.4 Å². The fourth-order valence-corrected chi connectivity index (χ4v) is 4.56. The molecule has 10 heteroatoms. The number of amides is 2. The fraction of sp³-hybridized carbons (Fsp3) is 0.115. The molecule has 0 saturated heterocycles. The van der Waals surface area contributed by atoms with E-state index in [9.17, 15) is 18.0 Å². The zero-order chi connectivity index (χ0) is 25.4. The molecule has 0 aliphatic carbocycles. The number of aromatic nitrogens is 1. The van der Waals surface area contributed by atoms with E-state index < -0.39 is 34.4 Å². The lowest BCUT2D eigenvalue weighted by molar-refractivity contribution is -0.126. The van der Waals surface area contributed by atoms with Crippen molar-refractivity contribution in [3.8, 4) is 0 Å². The minimum absolute atomic E-state index is 0.0221. The van der Waals surface area contributed by atoms with Gasteiger partial charge in [-0.3, -0.25) is 19.5 Å². The predicted octanol–water partition coefficient (Wildman–Crippen LogP) is 3.04. The first-order valence-electron chi connectivity index (χ1n) is 11.1. The van der Waals surface area contributed by atoms with Crippen molar-refractivity contribution in [2.24, 2.45) is 0 Å². The van der Waals surface area contributed by atoms with Gasteiger partial charge in [0.05, 0.1) is 29.6 Å². The highest BCUT2D eigenvalue weighted by molar-refractivity contribution is 7.89. The predicted molar refractivity (Wildman–Crippen MR) is 133 cm³/mol. The molecule has 0 saturated carbocycles.